The molecule has 0 aromatic rings. The highest BCUT2D eigenvalue weighted by atomic mass is 79.9. The second-order valence-electron chi connectivity index (χ2n) is 1.67. The van der Waals surface area contributed by atoms with Crippen LogP contribution in [0.5, 0.6) is 0 Å². The van der Waals surface area contributed by atoms with E-state index in [4.69, 9.17) is 9.47 Å². The predicted octanol–water partition coefficient (Wildman–Crippen LogP) is 2.16. The van der Waals surface area contributed by atoms with E-state index in [1.807, 2.05) is 0 Å². The fraction of sp³-hybridized carbons (Fsp3) is 1.00. The Morgan fingerprint density at radius 3 is 2.20 bits per heavy atom. The van der Waals surface area contributed by atoms with Crippen molar-refractivity contribution in [3.05, 3.63) is 0 Å². The molecule has 0 aliphatic rings. The Kier molecular flexibility index (Phi) is 10.7. The molecule has 0 aromatic heterocycles. The highest BCUT2D eigenvalue weighted by Gasteiger charge is 1.86. The summed E-state index contributed by atoms with van der Waals surface area (Å²) in [5.74, 6) is 0. The molecular formula is C6H12Br2O2. The molecule has 0 aromatic carbocycles. The zero-order valence-corrected chi connectivity index (χ0v) is 8.99. The minimum atomic E-state index is 0.592. The first-order chi connectivity index (χ1) is 4.91. The summed E-state index contributed by atoms with van der Waals surface area (Å²) in [5.41, 5.74) is 0.592. The molecule has 0 saturated carbocycles. The molecule has 0 amide bonds. The van der Waals surface area contributed by atoms with Crippen molar-refractivity contribution in [2.24, 2.45) is 0 Å². The van der Waals surface area contributed by atoms with Gasteiger partial charge in [-0.3, -0.25) is 0 Å². The van der Waals surface area contributed by atoms with Crippen LogP contribution in [0.4, 0.5) is 0 Å². The standard InChI is InChI=1S/C6H12Br2O2/c7-2-1-3-9-4-5-10-6-8/h1-6H2. The third kappa shape index (κ3) is 8.88. The van der Waals surface area contributed by atoms with Crippen molar-refractivity contribution in [1.29, 1.82) is 0 Å². The van der Waals surface area contributed by atoms with Crippen LogP contribution >= 0.6 is 31.9 Å². The van der Waals surface area contributed by atoms with E-state index in [2.05, 4.69) is 31.9 Å². The van der Waals surface area contributed by atoms with E-state index < -0.39 is 0 Å². The minimum Gasteiger partial charge on any atom is -0.379 e. The molecule has 0 rings (SSSR count). The summed E-state index contributed by atoms with van der Waals surface area (Å²) in [6.07, 6.45) is 1.06. The van der Waals surface area contributed by atoms with Gasteiger partial charge in [0.05, 0.1) is 13.2 Å². The van der Waals surface area contributed by atoms with E-state index in [0.717, 1.165) is 18.4 Å². The summed E-state index contributed by atoms with van der Waals surface area (Å²) in [4.78, 5) is 0. The number of alkyl halides is 2. The van der Waals surface area contributed by atoms with Crippen molar-refractivity contribution in [2.45, 2.75) is 6.42 Å². The van der Waals surface area contributed by atoms with Crippen LogP contribution in [0.15, 0.2) is 0 Å². The third-order valence-corrected chi connectivity index (χ3v) is 1.76. The summed E-state index contributed by atoms with van der Waals surface area (Å²) >= 11 is 6.46. The fourth-order valence-corrected chi connectivity index (χ4v) is 0.889. The van der Waals surface area contributed by atoms with Crippen LogP contribution < -0.4 is 0 Å². The van der Waals surface area contributed by atoms with E-state index in [1.54, 1.807) is 0 Å². The van der Waals surface area contributed by atoms with Gasteiger partial charge < -0.3 is 9.47 Å². The van der Waals surface area contributed by atoms with Crippen LogP contribution in [0, 0.1) is 0 Å². The van der Waals surface area contributed by atoms with Gasteiger partial charge in [0.25, 0.3) is 0 Å². The van der Waals surface area contributed by atoms with Gasteiger partial charge in [-0.1, -0.05) is 31.9 Å². The van der Waals surface area contributed by atoms with Crippen LogP contribution in [0.1, 0.15) is 6.42 Å². The monoisotopic (exact) mass is 274 g/mol. The summed E-state index contributed by atoms with van der Waals surface area (Å²) in [5, 5.41) is 1.01. The SMILES string of the molecule is BrCCCOCCOCBr. The van der Waals surface area contributed by atoms with E-state index in [1.165, 1.54) is 0 Å². The second kappa shape index (κ2) is 9.88. The van der Waals surface area contributed by atoms with Crippen molar-refractivity contribution in [2.75, 3.05) is 30.7 Å². The van der Waals surface area contributed by atoms with E-state index in [-0.39, 0.29) is 0 Å². The third-order valence-electron chi connectivity index (χ3n) is 0.871. The highest BCUT2D eigenvalue weighted by molar-refractivity contribution is 9.09. The smallest absolute Gasteiger partial charge is 0.102 e. The van der Waals surface area contributed by atoms with Crippen LogP contribution in [0.3, 0.4) is 0 Å². The number of rotatable bonds is 7. The summed E-state index contributed by atoms with van der Waals surface area (Å²) < 4.78 is 10.2. The second-order valence-corrected chi connectivity index (χ2v) is 2.92. The molecule has 0 atom stereocenters. The number of halogens is 2. The first-order valence-electron chi connectivity index (χ1n) is 3.19. The lowest BCUT2D eigenvalue weighted by Gasteiger charge is -2.01. The van der Waals surface area contributed by atoms with Gasteiger partial charge in [-0.15, -0.1) is 0 Å². The van der Waals surface area contributed by atoms with Gasteiger partial charge in [-0.05, 0) is 6.42 Å². The maximum Gasteiger partial charge on any atom is 0.102 e. The molecule has 0 spiro atoms. The molecule has 0 aliphatic heterocycles. The molecule has 10 heavy (non-hydrogen) atoms. The van der Waals surface area contributed by atoms with Crippen LogP contribution in [0.25, 0.3) is 0 Å². The van der Waals surface area contributed by atoms with Gasteiger partial charge in [0.15, 0.2) is 0 Å². The molecule has 0 N–H and O–H groups in total. The lowest BCUT2D eigenvalue weighted by atomic mass is 10.5. The van der Waals surface area contributed by atoms with Crippen LogP contribution in [0.2, 0.25) is 0 Å². The van der Waals surface area contributed by atoms with E-state index in [0.29, 0.717) is 18.7 Å². The van der Waals surface area contributed by atoms with Gasteiger partial charge in [0, 0.05) is 11.9 Å². The van der Waals surface area contributed by atoms with Crippen molar-refractivity contribution in [1.82, 2.24) is 0 Å². The number of hydrogen-bond acceptors (Lipinski definition) is 2. The zero-order valence-electron chi connectivity index (χ0n) is 5.82. The van der Waals surface area contributed by atoms with Crippen molar-refractivity contribution < 1.29 is 9.47 Å². The minimum absolute atomic E-state index is 0.592. The molecule has 62 valence electrons. The Morgan fingerprint density at radius 1 is 0.900 bits per heavy atom. The number of hydrogen-bond donors (Lipinski definition) is 0. The lowest BCUT2D eigenvalue weighted by molar-refractivity contribution is 0.0674. The molecule has 2 nitrogen and oxygen atoms in total. The van der Waals surface area contributed by atoms with Crippen LogP contribution in [-0.2, 0) is 9.47 Å². The highest BCUT2D eigenvalue weighted by Crippen LogP contribution is 1.89. The maximum absolute atomic E-state index is 5.20. The van der Waals surface area contributed by atoms with Crippen molar-refractivity contribution in [3.8, 4) is 0 Å². The number of ether oxygens (including phenoxy) is 2. The quantitative estimate of drug-likeness (QED) is 0.524. The Labute approximate surface area is 78.5 Å². The Hall–Kier alpha value is 0.880. The first-order valence-corrected chi connectivity index (χ1v) is 5.43. The molecule has 0 heterocycles. The molecule has 0 unspecified atom stereocenters. The van der Waals surface area contributed by atoms with Gasteiger partial charge >= 0.3 is 0 Å². The largest absolute Gasteiger partial charge is 0.379 e. The lowest BCUT2D eigenvalue weighted by Crippen LogP contribution is -2.04. The van der Waals surface area contributed by atoms with Crippen molar-refractivity contribution >= 4 is 31.9 Å². The molecular weight excluding hydrogens is 264 g/mol. The average Bonchev–Trinajstić information content (AvgIpc) is 1.97. The molecule has 0 fully saturated rings. The summed E-state index contributed by atoms with van der Waals surface area (Å²) in [6.45, 7) is 2.18. The van der Waals surface area contributed by atoms with Gasteiger partial charge in [0.1, 0.15) is 5.52 Å². The fourth-order valence-electron chi connectivity index (χ4n) is 0.431. The average molecular weight is 276 g/mol. The first kappa shape index (κ1) is 10.9. The van der Waals surface area contributed by atoms with E-state index >= 15 is 0 Å². The molecule has 4 heteroatoms. The molecule has 0 aliphatic carbocycles. The topological polar surface area (TPSA) is 18.5 Å². The van der Waals surface area contributed by atoms with Gasteiger partial charge in [-0.2, -0.15) is 0 Å². The Morgan fingerprint density at radius 2 is 1.60 bits per heavy atom. The molecule has 0 saturated heterocycles. The van der Waals surface area contributed by atoms with Crippen LogP contribution in [-0.4, -0.2) is 30.7 Å². The predicted molar refractivity (Wildman–Crippen MR) is 49.0 cm³/mol. The normalized spacial score (nSPS) is 10.2. The molecule has 0 bridgehead atoms. The summed E-state index contributed by atoms with van der Waals surface area (Å²) in [7, 11) is 0. The Balaban J connectivity index is 2.65. The maximum atomic E-state index is 5.20. The Bertz CT molecular complexity index is 53.7. The molecule has 0 radical (unpaired) electrons. The van der Waals surface area contributed by atoms with Gasteiger partial charge in [0.2, 0.25) is 0 Å². The summed E-state index contributed by atoms with van der Waals surface area (Å²) in [6, 6.07) is 0. The van der Waals surface area contributed by atoms with Gasteiger partial charge in [-0.25, -0.2) is 0 Å². The van der Waals surface area contributed by atoms with E-state index in [9.17, 15) is 0 Å². The van der Waals surface area contributed by atoms with Crippen molar-refractivity contribution in [3.63, 3.8) is 0 Å². The zero-order chi connectivity index (χ0) is 7.66.